The van der Waals surface area contributed by atoms with Crippen molar-refractivity contribution in [3.63, 3.8) is 0 Å². The number of hydrogen-bond donors (Lipinski definition) is 1. The molecule has 0 radical (unpaired) electrons. The zero-order valence-corrected chi connectivity index (χ0v) is 24.7. The van der Waals surface area contributed by atoms with Gasteiger partial charge in [-0.05, 0) is 65.1 Å². The van der Waals surface area contributed by atoms with Crippen LogP contribution in [0.4, 0.5) is 4.39 Å². The molecule has 4 aromatic carbocycles. The van der Waals surface area contributed by atoms with Crippen molar-refractivity contribution < 1.29 is 28.2 Å². The molecule has 0 saturated carbocycles. The van der Waals surface area contributed by atoms with Crippen LogP contribution in [0, 0.1) is 5.82 Å². The molecule has 224 valence electrons. The third kappa shape index (κ3) is 8.82. The van der Waals surface area contributed by atoms with Crippen LogP contribution < -0.4 is 19.5 Å². The summed E-state index contributed by atoms with van der Waals surface area (Å²) in [6, 6.07) is 27.7. The van der Waals surface area contributed by atoms with E-state index in [1.165, 1.54) is 19.2 Å². The van der Waals surface area contributed by atoms with Crippen LogP contribution in [0.15, 0.2) is 97.1 Å². The summed E-state index contributed by atoms with van der Waals surface area (Å²) in [5.41, 5.74) is 3.39. The lowest BCUT2D eigenvalue weighted by atomic mass is 10.0. The maximum atomic E-state index is 14.0. The zero-order chi connectivity index (χ0) is 30.6. The molecule has 0 aromatic heterocycles. The van der Waals surface area contributed by atoms with Crippen molar-refractivity contribution in [3.8, 4) is 17.2 Å². The van der Waals surface area contributed by atoms with Gasteiger partial charge < -0.3 is 24.4 Å². The van der Waals surface area contributed by atoms with Gasteiger partial charge in [0.25, 0.3) is 0 Å². The molecule has 0 spiro atoms. The molecule has 0 saturated heterocycles. The van der Waals surface area contributed by atoms with Crippen molar-refractivity contribution in [1.82, 2.24) is 10.2 Å². The van der Waals surface area contributed by atoms with Crippen LogP contribution in [0.2, 0.25) is 0 Å². The van der Waals surface area contributed by atoms with Gasteiger partial charge in [0.05, 0.1) is 27.8 Å². The molecule has 43 heavy (non-hydrogen) atoms. The number of amides is 2. The van der Waals surface area contributed by atoms with Crippen LogP contribution in [-0.4, -0.2) is 50.6 Å². The summed E-state index contributed by atoms with van der Waals surface area (Å²) in [5, 5.41) is 3.05. The molecule has 0 aliphatic carbocycles. The topological polar surface area (TPSA) is 77.1 Å². The number of carbonyl (C=O) groups is 2. The second-order valence-corrected chi connectivity index (χ2v) is 10.1. The molecule has 7 nitrogen and oxygen atoms in total. The summed E-state index contributed by atoms with van der Waals surface area (Å²) in [6.07, 6.45) is 0.964. The first kappa shape index (κ1) is 31.1. The Balaban J connectivity index is 1.61. The van der Waals surface area contributed by atoms with Gasteiger partial charge in [-0.15, -0.1) is 0 Å². The minimum absolute atomic E-state index is 0.0337. The first-order valence-electron chi connectivity index (χ1n) is 14.1. The van der Waals surface area contributed by atoms with E-state index in [-0.39, 0.29) is 30.6 Å². The maximum absolute atomic E-state index is 14.0. The number of carbonyl (C=O) groups excluding carboxylic acids is 2. The van der Waals surface area contributed by atoms with Gasteiger partial charge in [0.1, 0.15) is 17.6 Å². The number of hydrogen-bond acceptors (Lipinski definition) is 5. The number of nitrogens with zero attached hydrogens (tertiary/aromatic N) is 1. The molecule has 4 rings (SSSR count). The van der Waals surface area contributed by atoms with Crippen molar-refractivity contribution in [2.24, 2.45) is 0 Å². The van der Waals surface area contributed by atoms with E-state index < -0.39 is 6.04 Å². The molecular weight excluding hydrogens is 547 g/mol. The molecule has 0 aliphatic rings. The Hall–Kier alpha value is -4.85. The van der Waals surface area contributed by atoms with Crippen LogP contribution >= 0.6 is 0 Å². The summed E-state index contributed by atoms with van der Waals surface area (Å²) in [6.45, 7) is 0.528. The first-order chi connectivity index (χ1) is 20.9. The normalized spacial score (nSPS) is 11.3. The Morgan fingerprint density at radius 3 is 2.05 bits per heavy atom. The first-order valence-corrected chi connectivity index (χ1v) is 14.1. The van der Waals surface area contributed by atoms with Gasteiger partial charge in [-0.1, -0.05) is 60.7 Å². The van der Waals surface area contributed by atoms with E-state index in [0.717, 1.165) is 16.9 Å². The van der Waals surface area contributed by atoms with Gasteiger partial charge in [0.2, 0.25) is 11.8 Å². The second kappa shape index (κ2) is 15.4. The molecule has 0 unspecified atom stereocenters. The summed E-state index contributed by atoms with van der Waals surface area (Å²) in [7, 11) is 4.71. The van der Waals surface area contributed by atoms with Gasteiger partial charge in [0, 0.05) is 19.5 Å². The number of rotatable bonds is 14. The predicted octanol–water partition coefficient (Wildman–Crippen LogP) is 5.39. The van der Waals surface area contributed by atoms with Gasteiger partial charge in [0.15, 0.2) is 11.5 Å². The lowest BCUT2D eigenvalue weighted by molar-refractivity contribution is -0.140. The Bertz CT molecular complexity index is 1480. The third-order valence-electron chi connectivity index (χ3n) is 7.21. The van der Waals surface area contributed by atoms with E-state index in [1.54, 1.807) is 49.5 Å². The fourth-order valence-electron chi connectivity index (χ4n) is 4.85. The molecule has 2 amide bonds. The fourth-order valence-corrected chi connectivity index (χ4v) is 4.85. The molecule has 0 bridgehead atoms. The lowest BCUT2D eigenvalue weighted by Crippen LogP contribution is -2.51. The Labute approximate surface area is 252 Å². The highest BCUT2D eigenvalue weighted by molar-refractivity contribution is 5.89. The molecule has 0 heterocycles. The van der Waals surface area contributed by atoms with Crippen molar-refractivity contribution in [1.29, 1.82) is 0 Å². The van der Waals surface area contributed by atoms with Crippen LogP contribution in [0.1, 0.15) is 22.3 Å². The minimum atomic E-state index is -0.809. The van der Waals surface area contributed by atoms with Crippen LogP contribution in [0.3, 0.4) is 0 Å². The third-order valence-corrected chi connectivity index (χ3v) is 7.21. The van der Waals surface area contributed by atoms with Crippen molar-refractivity contribution in [3.05, 3.63) is 125 Å². The number of halogens is 1. The highest BCUT2D eigenvalue weighted by Crippen LogP contribution is 2.28. The van der Waals surface area contributed by atoms with Gasteiger partial charge >= 0.3 is 0 Å². The zero-order valence-electron chi connectivity index (χ0n) is 24.7. The monoisotopic (exact) mass is 584 g/mol. The quantitative estimate of drug-likeness (QED) is 0.215. The number of ether oxygens (including phenoxy) is 3. The summed E-state index contributed by atoms with van der Waals surface area (Å²) in [5.74, 6) is 0.946. The molecule has 1 atom stereocenters. The Kier molecular flexibility index (Phi) is 11.1. The summed E-state index contributed by atoms with van der Waals surface area (Å²) >= 11 is 0. The van der Waals surface area contributed by atoms with Crippen LogP contribution in [0.25, 0.3) is 0 Å². The largest absolute Gasteiger partial charge is 0.497 e. The number of nitrogens with one attached hydrogen (secondary N) is 1. The van der Waals surface area contributed by atoms with E-state index in [9.17, 15) is 14.0 Å². The van der Waals surface area contributed by atoms with E-state index in [2.05, 4.69) is 5.32 Å². The smallest absolute Gasteiger partial charge is 0.243 e. The minimum Gasteiger partial charge on any atom is -0.497 e. The molecule has 8 heteroatoms. The molecule has 4 aromatic rings. The summed E-state index contributed by atoms with van der Waals surface area (Å²) in [4.78, 5) is 29.4. The fraction of sp³-hybridized carbons (Fsp3) is 0.257. The van der Waals surface area contributed by atoms with E-state index in [4.69, 9.17) is 14.2 Å². The molecule has 0 fully saturated rings. The molecule has 0 aliphatic heterocycles. The molecular formula is C35H37FN2O5. The van der Waals surface area contributed by atoms with Crippen LogP contribution in [-0.2, 0) is 35.4 Å². The molecule has 1 N–H and O–H groups in total. The Morgan fingerprint density at radius 2 is 1.40 bits per heavy atom. The average molecular weight is 585 g/mol. The maximum Gasteiger partial charge on any atom is 0.243 e. The SMILES string of the molecule is COc1ccc(CCNC(=O)[C@@H](Cc2ccccc2)N(Cc2ccc(F)cc2)C(=O)Cc2ccc(OC)c(OC)c2)cc1. The van der Waals surface area contributed by atoms with E-state index >= 15 is 0 Å². The van der Waals surface area contributed by atoms with Crippen molar-refractivity contribution in [2.45, 2.75) is 31.8 Å². The summed E-state index contributed by atoms with van der Waals surface area (Å²) < 4.78 is 29.7. The number of benzene rings is 4. The lowest BCUT2D eigenvalue weighted by Gasteiger charge is -2.32. The van der Waals surface area contributed by atoms with Crippen molar-refractivity contribution in [2.75, 3.05) is 27.9 Å². The highest BCUT2D eigenvalue weighted by atomic mass is 19.1. The standard InChI is InChI=1S/C35H37FN2O5/c1-41-30-16-11-25(12-17-30)19-20-37-35(40)31(21-26-7-5-4-6-8-26)38(24-27-9-14-29(36)15-10-27)34(39)23-28-13-18-32(42-2)33(22-28)43-3/h4-18,22,31H,19-21,23-24H2,1-3H3,(H,37,40)/t31-/m1/s1. The Morgan fingerprint density at radius 1 is 0.744 bits per heavy atom. The van der Waals surface area contributed by atoms with Crippen LogP contribution in [0.5, 0.6) is 17.2 Å². The second-order valence-electron chi connectivity index (χ2n) is 10.1. The van der Waals surface area contributed by atoms with Gasteiger partial charge in [-0.25, -0.2) is 4.39 Å². The van der Waals surface area contributed by atoms with Gasteiger partial charge in [-0.2, -0.15) is 0 Å². The number of methoxy groups -OCH3 is 3. The van der Waals surface area contributed by atoms with E-state index in [1.807, 2.05) is 54.6 Å². The average Bonchev–Trinajstić information content (AvgIpc) is 3.04. The van der Waals surface area contributed by atoms with E-state index in [0.29, 0.717) is 42.0 Å². The predicted molar refractivity (Wildman–Crippen MR) is 164 cm³/mol. The van der Waals surface area contributed by atoms with Gasteiger partial charge in [-0.3, -0.25) is 9.59 Å². The highest BCUT2D eigenvalue weighted by Gasteiger charge is 2.30. The van der Waals surface area contributed by atoms with Crippen molar-refractivity contribution >= 4 is 11.8 Å².